The van der Waals surface area contributed by atoms with Crippen LogP contribution in [0.3, 0.4) is 0 Å². The number of methoxy groups -OCH3 is 1. The van der Waals surface area contributed by atoms with Gasteiger partial charge in [0.1, 0.15) is 12.4 Å². The summed E-state index contributed by atoms with van der Waals surface area (Å²) in [4.78, 5) is 38.2. The number of nitrogens with two attached hydrogens (primary N) is 1. The van der Waals surface area contributed by atoms with E-state index in [9.17, 15) is 14.4 Å². The molecular formula is C29H27ClN8O5. The Morgan fingerprint density at radius 2 is 1.93 bits per heavy atom. The van der Waals surface area contributed by atoms with E-state index in [2.05, 4.69) is 42.8 Å². The van der Waals surface area contributed by atoms with Gasteiger partial charge in [0.2, 0.25) is 11.8 Å². The number of ether oxygens (including phenoxy) is 1. The van der Waals surface area contributed by atoms with Gasteiger partial charge in [0.15, 0.2) is 11.4 Å². The van der Waals surface area contributed by atoms with Crippen molar-refractivity contribution in [3.63, 3.8) is 0 Å². The third kappa shape index (κ3) is 8.25. The van der Waals surface area contributed by atoms with Crippen molar-refractivity contribution in [2.24, 2.45) is 16.0 Å². The Kier molecular flexibility index (Phi) is 10.2. The summed E-state index contributed by atoms with van der Waals surface area (Å²) in [7, 11) is 1.24. The van der Waals surface area contributed by atoms with E-state index in [4.69, 9.17) is 22.0 Å². The van der Waals surface area contributed by atoms with Crippen LogP contribution in [0.2, 0.25) is 5.02 Å². The number of halogens is 1. The minimum absolute atomic E-state index is 0.110. The minimum Gasteiger partial charge on any atom is -0.453 e. The first kappa shape index (κ1) is 30.4. The number of hydrazine groups is 1. The van der Waals surface area contributed by atoms with Gasteiger partial charge in [0.25, 0.3) is 0 Å². The molecule has 220 valence electrons. The number of carbonyl (C=O) groups is 3. The Bertz CT molecular complexity index is 1690. The number of benzene rings is 3. The van der Waals surface area contributed by atoms with Crippen molar-refractivity contribution in [2.45, 2.75) is 12.5 Å². The number of hydrogen-bond acceptors (Lipinski definition) is 9. The molecule has 0 saturated carbocycles. The summed E-state index contributed by atoms with van der Waals surface area (Å²) in [6.07, 6.45) is 3.53. The number of nitrogens with zero attached hydrogens (tertiary/aromatic N) is 4. The van der Waals surface area contributed by atoms with Gasteiger partial charge in [-0.05, 0) is 48.0 Å². The Morgan fingerprint density at radius 3 is 2.67 bits per heavy atom. The van der Waals surface area contributed by atoms with Gasteiger partial charge < -0.3 is 19.9 Å². The molecule has 1 heterocycles. The lowest BCUT2D eigenvalue weighted by Crippen LogP contribution is -2.44. The van der Waals surface area contributed by atoms with Gasteiger partial charge in [0.05, 0.1) is 18.2 Å². The van der Waals surface area contributed by atoms with Crippen LogP contribution >= 0.6 is 11.6 Å². The number of amides is 3. The Morgan fingerprint density at radius 1 is 1.14 bits per heavy atom. The van der Waals surface area contributed by atoms with Gasteiger partial charge in [-0.15, -0.1) is 5.10 Å². The molecular weight excluding hydrogens is 576 g/mol. The fourth-order valence-electron chi connectivity index (χ4n) is 3.97. The second-order valence-electron chi connectivity index (χ2n) is 8.91. The fourth-order valence-corrected chi connectivity index (χ4v) is 4.15. The van der Waals surface area contributed by atoms with Gasteiger partial charge >= 0.3 is 6.09 Å². The molecule has 0 aliphatic rings. The molecule has 0 fully saturated rings. The van der Waals surface area contributed by atoms with Crippen LogP contribution < -0.4 is 26.8 Å². The first-order valence-corrected chi connectivity index (χ1v) is 13.1. The second-order valence-corrected chi connectivity index (χ2v) is 9.35. The molecule has 4 aromatic rings. The third-order valence-electron chi connectivity index (χ3n) is 6.00. The molecule has 5 N–H and O–H groups in total. The third-order valence-corrected chi connectivity index (χ3v) is 6.23. The van der Waals surface area contributed by atoms with Gasteiger partial charge in [-0.1, -0.05) is 47.1 Å². The van der Waals surface area contributed by atoms with E-state index in [-0.39, 0.29) is 12.2 Å². The predicted molar refractivity (Wildman–Crippen MR) is 166 cm³/mol. The average molecular weight is 603 g/mol. The smallest absolute Gasteiger partial charge is 0.411 e. The maximum atomic E-state index is 13.5. The predicted octanol–water partition coefficient (Wildman–Crippen LogP) is 4.36. The highest BCUT2D eigenvalue weighted by molar-refractivity contribution is 6.30. The fraction of sp³-hybridized carbons (Fsp3) is 0.103. The monoisotopic (exact) mass is 602 g/mol. The van der Waals surface area contributed by atoms with E-state index in [1.165, 1.54) is 30.6 Å². The zero-order valence-electron chi connectivity index (χ0n) is 22.9. The highest BCUT2D eigenvalue weighted by atomic mass is 35.5. The SMILES string of the molecule is C=N/N=C\N(N)c1ccc(Cl)cc1/C=C/C(=O)N[C@@H](Cc1ccccc1)C(=O)Nc1noc2ccc(NC(=O)OC)cc12. The van der Waals surface area contributed by atoms with Crippen molar-refractivity contribution in [1.82, 2.24) is 10.5 Å². The summed E-state index contributed by atoms with van der Waals surface area (Å²) in [5.74, 6) is 5.03. The second kappa shape index (κ2) is 14.4. The quantitative estimate of drug-likeness (QED) is 0.0643. The number of fused-ring (bicyclic) bond motifs is 1. The highest BCUT2D eigenvalue weighted by Crippen LogP contribution is 2.27. The van der Waals surface area contributed by atoms with Crippen molar-refractivity contribution in [3.8, 4) is 0 Å². The average Bonchev–Trinajstić information content (AvgIpc) is 3.40. The standard InChI is InChI=1S/C29H27ClN8O5/c1-32-33-17-38(31)24-11-9-20(30)15-19(24)8-13-26(39)35-23(14-18-6-4-3-5-7-18)28(40)36-27-22-16-21(34-29(41)42-2)10-12-25(22)43-37-27/h3-13,15-17,23H,1,14,31H2,2H3,(H,34,41)(H,35,39)(H,36,37,40)/b13-8+,33-17-/t23-/m0/s1. The van der Waals surface area contributed by atoms with Crippen LogP contribution in [-0.2, 0) is 20.7 Å². The molecule has 0 aliphatic carbocycles. The Labute approximate surface area is 251 Å². The maximum Gasteiger partial charge on any atom is 0.411 e. The molecule has 0 bridgehead atoms. The number of rotatable bonds is 11. The van der Waals surface area contributed by atoms with Crippen LogP contribution in [0.25, 0.3) is 17.0 Å². The molecule has 0 spiro atoms. The molecule has 1 atom stereocenters. The van der Waals surface area contributed by atoms with Gasteiger partial charge in [0, 0.05) is 35.5 Å². The van der Waals surface area contributed by atoms with E-state index >= 15 is 0 Å². The molecule has 0 unspecified atom stereocenters. The number of carbonyl (C=O) groups excluding carboxylic acids is 3. The first-order chi connectivity index (χ1) is 20.8. The number of hydrogen-bond donors (Lipinski definition) is 4. The minimum atomic E-state index is -1.00. The number of anilines is 3. The normalized spacial score (nSPS) is 11.8. The molecule has 3 amide bonds. The zero-order valence-corrected chi connectivity index (χ0v) is 23.6. The summed E-state index contributed by atoms with van der Waals surface area (Å²) in [5, 5.41) is 21.0. The summed E-state index contributed by atoms with van der Waals surface area (Å²) in [6, 6.07) is 17.8. The molecule has 43 heavy (non-hydrogen) atoms. The lowest BCUT2D eigenvalue weighted by molar-refractivity contribution is -0.123. The first-order valence-electron chi connectivity index (χ1n) is 12.7. The molecule has 13 nitrogen and oxygen atoms in total. The summed E-state index contributed by atoms with van der Waals surface area (Å²) < 4.78 is 9.94. The van der Waals surface area contributed by atoms with E-state index in [0.29, 0.717) is 32.9 Å². The highest BCUT2D eigenvalue weighted by Gasteiger charge is 2.23. The molecule has 0 saturated heterocycles. The van der Waals surface area contributed by atoms with Crippen molar-refractivity contribution in [2.75, 3.05) is 22.8 Å². The molecule has 0 radical (unpaired) electrons. The van der Waals surface area contributed by atoms with Crippen molar-refractivity contribution >= 4 is 76.8 Å². The largest absolute Gasteiger partial charge is 0.453 e. The van der Waals surface area contributed by atoms with Gasteiger partial charge in [-0.3, -0.25) is 19.9 Å². The van der Waals surface area contributed by atoms with Crippen molar-refractivity contribution in [1.29, 1.82) is 0 Å². The number of nitrogens with one attached hydrogen (secondary N) is 3. The van der Waals surface area contributed by atoms with Crippen molar-refractivity contribution < 1.29 is 23.6 Å². The molecule has 1 aromatic heterocycles. The van der Waals surface area contributed by atoms with Crippen LogP contribution in [-0.4, -0.2) is 49.3 Å². The Hall–Kier alpha value is -5.53. The van der Waals surface area contributed by atoms with Crippen LogP contribution in [0.4, 0.5) is 22.0 Å². The van der Waals surface area contributed by atoms with E-state index in [1.807, 2.05) is 30.3 Å². The van der Waals surface area contributed by atoms with Crippen LogP contribution in [0.1, 0.15) is 11.1 Å². The number of aromatic nitrogens is 1. The summed E-state index contributed by atoms with van der Waals surface area (Å²) in [5.41, 5.74) is 2.58. The summed E-state index contributed by atoms with van der Waals surface area (Å²) in [6.45, 7) is 3.27. The van der Waals surface area contributed by atoms with E-state index < -0.39 is 23.9 Å². The molecule has 4 rings (SSSR count). The van der Waals surface area contributed by atoms with Crippen molar-refractivity contribution in [3.05, 3.63) is 89.0 Å². The topological polar surface area (TPSA) is 177 Å². The van der Waals surface area contributed by atoms with Crippen LogP contribution in [0.5, 0.6) is 0 Å². The molecule has 3 aromatic carbocycles. The van der Waals surface area contributed by atoms with E-state index in [0.717, 1.165) is 5.56 Å². The van der Waals surface area contributed by atoms with E-state index in [1.54, 1.807) is 36.4 Å². The summed E-state index contributed by atoms with van der Waals surface area (Å²) >= 11 is 6.16. The van der Waals surface area contributed by atoms with Crippen LogP contribution in [0, 0.1) is 0 Å². The lowest BCUT2D eigenvalue weighted by atomic mass is 10.0. The zero-order chi connectivity index (χ0) is 30.8. The maximum absolute atomic E-state index is 13.5. The molecule has 14 heteroatoms. The van der Waals surface area contributed by atoms with Gasteiger partial charge in [-0.2, -0.15) is 5.10 Å². The lowest BCUT2D eigenvalue weighted by Gasteiger charge is -2.18. The van der Waals surface area contributed by atoms with Gasteiger partial charge in [-0.25, -0.2) is 10.6 Å². The van der Waals surface area contributed by atoms with Crippen LogP contribution in [0.15, 0.2) is 87.5 Å². The molecule has 0 aliphatic heterocycles. The Balaban J connectivity index is 1.56.